The lowest BCUT2D eigenvalue weighted by Gasteiger charge is -2.16. The van der Waals surface area contributed by atoms with Crippen LogP contribution in [0.3, 0.4) is 0 Å². The van der Waals surface area contributed by atoms with Crippen molar-refractivity contribution in [2.75, 3.05) is 16.0 Å². The van der Waals surface area contributed by atoms with Crippen molar-refractivity contribution in [3.05, 3.63) is 54.6 Å². The van der Waals surface area contributed by atoms with E-state index in [1.165, 1.54) is 0 Å². The van der Waals surface area contributed by atoms with Gasteiger partial charge in [0.25, 0.3) is 0 Å². The summed E-state index contributed by atoms with van der Waals surface area (Å²) in [6.45, 7) is 0. The van der Waals surface area contributed by atoms with Gasteiger partial charge in [0.1, 0.15) is 6.04 Å². The third-order valence-electron chi connectivity index (χ3n) is 3.28. The Morgan fingerprint density at radius 3 is 2.43 bits per heavy atom. The third-order valence-corrected chi connectivity index (χ3v) is 3.28. The molecule has 0 spiro atoms. The van der Waals surface area contributed by atoms with E-state index in [1.807, 2.05) is 48.5 Å². The van der Waals surface area contributed by atoms with E-state index >= 15 is 0 Å². The van der Waals surface area contributed by atoms with Crippen LogP contribution in [0, 0.1) is 0 Å². The van der Waals surface area contributed by atoms with Crippen LogP contribution in [0.15, 0.2) is 54.6 Å². The molecule has 0 aromatic heterocycles. The maximum absolute atomic E-state index is 12.3. The Balaban J connectivity index is 1.79. The average molecular weight is 281 g/mol. The van der Waals surface area contributed by atoms with Gasteiger partial charge >= 0.3 is 0 Å². The van der Waals surface area contributed by atoms with Crippen molar-refractivity contribution in [3.8, 4) is 0 Å². The molecule has 5 heteroatoms. The highest BCUT2D eigenvalue weighted by atomic mass is 16.2. The van der Waals surface area contributed by atoms with Crippen molar-refractivity contribution in [2.24, 2.45) is 0 Å². The highest BCUT2D eigenvalue weighted by Crippen LogP contribution is 2.25. The molecule has 0 bridgehead atoms. The summed E-state index contributed by atoms with van der Waals surface area (Å²) in [5, 5.41) is 8.71. The highest BCUT2D eigenvalue weighted by Gasteiger charge is 2.26. The number of anilines is 3. The molecule has 0 saturated carbocycles. The van der Waals surface area contributed by atoms with E-state index in [2.05, 4.69) is 16.0 Å². The molecule has 1 aliphatic heterocycles. The number of hydrogen-bond acceptors (Lipinski definition) is 3. The first-order valence-electron chi connectivity index (χ1n) is 6.74. The number of benzene rings is 2. The van der Waals surface area contributed by atoms with Gasteiger partial charge in [-0.3, -0.25) is 9.59 Å². The molecule has 0 aliphatic carbocycles. The molecule has 0 saturated heterocycles. The van der Waals surface area contributed by atoms with Crippen molar-refractivity contribution in [1.82, 2.24) is 0 Å². The molecular weight excluding hydrogens is 266 g/mol. The molecular formula is C16H15N3O2. The largest absolute Gasteiger partial charge is 0.372 e. The SMILES string of the molecule is O=C1C[C@H](C(=O)Nc2ccccc2)Nc2ccccc2N1. The van der Waals surface area contributed by atoms with Gasteiger partial charge in [0.15, 0.2) is 0 Å². The third kappa shape index (κ3) is 3.02. The Labute approximate surface area is 122 Å². The number of carbonyl (C=O) groups is 2. The van der Waals surface area contributed by atoms with E-state index in [-0.39, 0.29) is 18.2 Å². The minimum Gasteiger partial charge on any atom is -0.372 e. The second kappa shape index (κ2) is 5.66. The second-order valence-corrected chi connectivity index (χ2v) is 4.85. The van der Waals surface area contributed by atoms with Crippen LogP contribution in [0.2, 0.25) is 0 Å². The van der Waals surface area contributed by atoms with Crippen LogP contribution in [-0.4, -0.2) is 17.9 Å². The molecule has 1 atom stereocenters. The first-order chi connectivity index (χ1) is 10.2. The topological polar surface area (TPSA) is 70.2 Å². The van der Waals surface area contributed by atoms with E-state index in [4.69, 9.17) is 0 Å². The normalized spacial score (nSPS) is 17.0. The lowest BCUT2D eigenvalue weighted by Crippen LogP contribution is -2.36. The van der Waals surface area contributed by atoms with Gasteiger partial charge in [0.2, 0.25) is 11.8 Å². The first kappa shape index (κ1) is 13.2. The zero-order chi connectivity index (χ0) is 14.7. The molecule has 1 heterocycles. The molecule has 3 rings (SSSR count). The summed E-state index contributed by atoms with van der Waals surface area (Å²) in [6.07, 6.45) is 0.0906. The molecule has 2 aromatic carbocycles. The fourth-order valence-electron chi connectivity index (χ4n) is 2.25. The molecule has 3 N–H and O–H groups in total. The smallest absolute Gasteiger partial charge is 0.247 e. The fourth-order valence-corrected chi connectivity index (χ4v) is 2.25. The summed E-state index contributed by atoms with van der Waals surface area (Å²) in [7, 11) is 0. The van der Waals surface area contributed by atoms with Gasteiger partial charge < -0.3 is 16.0 Å². The summed E-state index contributed by atoms with van der Waals surface area (Å²) in [4.78, 5) is 24.2. The zero-order valence-corrected chi connectivity index (χ0v) is 11.3. The standard InChI is InChI=1S/C16H15N3O2/c20-15-10-14(16(21)17-11-6-2-1-3-7-11)18-12-8-4-5-9-13(12)19-15/h1-9,14,18H,10H2,(H,17,21)(H,19,20)/t14-/m1/s1. The van der Waals surface area contributed by atoms with Crippen LogP contribution in [0.4, 0.5) is 17.1 Å². The molecule has 106 valence electrons. The average Bonchev–Trinajstić information content (AvgIpc) is 2.66. The van der Waals surface area contributed by atoms with Crippen molar-refractivity contribution < 1.29 is 9.59 Å². The minimum absolute atomic E-state index is 0.0906. The van der Waals surface area contributed by atoms with E-state index in [0.717, 1.165) is 5.69 Å². The summed E-state index contributed by atoms with van der Waals surface area (Å²) in [5.41, 5.74) is 2.15. The van der Waals surface area contributed by atoms with Gasteiger partial charge in [-0.25, -0.2) is 0 Å². The van der Waals surface area contributed by atoms with Gasteiger partial charge in [0.05, 0.1) is 17.8 Å². The lowest BCUT2D eigenvalue weighted by atomic mass is 10.1. The van der Waals surface area contributed by atoms with E-state index in [1.54, 1.807) is 6.07 Å². The summed E-state index contributed by atoms with van der Waals surface area (Å²) < 4.78 is 0. The number of fused-ring (bicyclic) bond motifs is 1. The minimum atomic E-state index is -0.603. The van der Waals surface area contributed by atoms with E-state index in [9.17, 15) is 9.59 Å². The fraction of sp³-hybridized carbons (Fsp3) is 0.125. The van der Waals surface area contributed by atoms with Crippen molar-refractivity contribution >= 4 is 28.9 Å². The molecule has 0 fully saturated rings. The van der Waals surface area contributed by atoms with E-state index in [0.29, 0.717) is 11.4 Å². The van der Waals surface area contributed by atoms with E-state index < -0.39 is 6.04 Å². The summed E-state index contributed by atoms with van der Waals surface area (Å²) >= 11 is 0. The van der Waals surface area contributed by atoms with Gasteiger partial charge in [-0.1, -0.05) is 30.3 Å². The molecule has 5 nitrogen and oxygen atoms in total. The van der Waals surface area contributed by atoms with Crippen molar-refractivity contribution in [1.29, 1.82) is 0 Å². The summed E-state index contributed by atoms with van der Waals surface area (Å²) in [6, 6.07) is 15.9. The van der Waals surface area contributed by atoms with Crippen molar-refractivity contribution in [2.45, 2.75) is 12.5 Å². The first-order valence-corrected chi connectivity index (χ1v) is 6.74. The zero-order valence-electron chi connectivity index (χ0n) is 11.3. The monoisotopic (exact) mass is 281 g/mol. The van der Waals surface area contributed by atoms with Crippen LogP contribution in [0.1, 0.15) is 6.42 Å². The molecule has 0 unspecified atom stereocenters. The van der Waals surface area contributed by atoms with Crippen molar-refractivity contribution in [3.63, 3.8) is 0 Å². The number of amides is 2. The number of hydrogen-bond donors (Lipinski definition) is 3. The molecule has 2 amide bonds. The van der Waals surface area contributed by atoms with Gasteiger partial charge in [-0.15, -0.1) is 0 Å². The number of rotatable bonds is 2. The lowest BCUT2D eigenvalue weighted by molar-refractivity contribution is -0.121. The Morgan fingerprint density at radius 1 is 1.00 bits per heavy atom. The Hall–Kier alpha value is -2.82. The molecule has 21 heavy (non-hydrogen) atoms. The van der Waals surface area contributed by atoms with Crippen LogP contribution in [0.5, 0.6) is 0 Å². The molecule has 1 aliphatic rings. The second-order valence-electron chi connectivity index (χ2n) is 4.85. The Bertz CT molecular complexity index is 670. The van der Waals surface area contributed by atoms with Gasteiger partial charge in [-0.05, 0) is 24.3 Å². The molecule has 2 aromatic rings. The molecule has 0 radical (unpaired) electrons. The number of carbonyl (C=O) groups excluding carboxylic acids is 2. The van der Waals surface area contributed by atoms with Crippen LogP contribution >= 0.6 is 0 Å². The maximum Gasteiger partial charge on any atom is 0.247 e. The summed E-state index contributed by atoms with van der Waals surface area (Å²) in [5.74, 6) is -0.409. The maximum atomic E-state index is 12.3. The van der Waals surface area contributed by atoms with Crippen LogP contribution in [-0.2, 0) is 9.59 Å². The Morgan fingerprint density at radius 2 is 1.67 bits per heavy atom. The number of nitrogens with one attached hydrogen (secondary N) is 3. The predicted octanol–water partition coefficient (Wildman–Crippen LogP) is 2.45. The van der Waals surface area contributed by atoms with Gasteiger partial charge in [0, 0.05) is 5.69 Å². The van der Waals surface area contributed by atoms with Gasteiger partial charge in [-0.2, -0.15) is 0 Å². The van der Waals surface area contributed by atoms with Crippen LogP contribution in [0.25, 0.3) is 0 Å². The quantitative estimate of drug-likeness (QED) is 0.792. The Kier molecular flexibility index (Phi) is 3.55. The highest BCUT2D eigenvalue weighted by molar-refractivity contribution is 6.04. The number of para-hydroxylation sites is 3. The van der Waals surface area contributed by atoms with Crippen LogP contribution < -0.4 is 16.0 Å². The predicted molar refractivity (Wildman–Crippen MR) is 82.2 cm³/mol.